The molecule has 0 bridgehead atoms. The van der Waals surface area contributed by atoms with Gasteiger partial charge in [-0.2, -0.15) is 0 Å². The molecule has 0 saturated carbocycles. The van der Waals surface area contributed by atoms with E-state index in [0.29, 0.717) is 71.6 Å². The molecular weight excluding hydrogens is 893 g/mol. The Labute approximate surface area is 417 Å². The van der Waals surface area contributed by atoms with Crippen molar-refractivity contribution in [1.82, 2.24) is 30.7 Å². The first kappa shape index (κ1) is 69.8. The third-order valence-electron chi connectivity index (χ3n) is 10.3. The highest BCUT2D eigenvalue weighted by Gasteiger charge is 2.22. The first-order chi connectivity index (χ1) is 31.6. The zero-order valence-electron chi connectivity index (χ0n) is 42.9. The third-order valence-corrected chi connectivity index (χ3v) is 10.3. The molecule has 0 spiro atoms. The number of nitrogens with one attached hydrogen (secondary N) is 3. The van der Waals surface area contributed by atoms with E-state index in [-0.39, 0.29) is 61.8 Å². The molecule has 0 aromatic rings. The summed E-state index contributed by atoms with van der Waals surface area (Å²) in [6, 6.07) is 0. The van der Waals surface area contributed by atoms with E-state index in [1.54, 1.807) is 0 Å². The van der Waals surface area contributed by atoms with E-state index in [2.05, 4.69) is 30.7 Å². The van der Waals surface area contributed by atoms with E-state index >= 15 is 0 Å². The lowest BCUT2D eigenvalue weighted by molar-refractivity contribution is -0.145. The molecule has 0 radical (unpaired) electrons. The normalized spacial score (nSPS) is 15.6. The number of carboxylic acids is 1. The number of esters is 2. The smallest absolute Gasteiger partial charge is 0.305 e. The number of amides is 3. The Morgan fingerprint density at radius 3 is 1.00 bits per heavy atom. The van der Waals surface area contributed by atoms with Crippen LogP contribution in [0.25, 0.3) is 0 Å². The minimum absolute atomic E-state index is 0. The summed E-state index contributed by atoms with van der Waals surface area (Å²) in [7, 11) is 0. The summed E-state index contributed by atoms with van der Waals surface area (Å²) in [4.78, 5) is 74.7. The minimum atomic E-state index is -0.829. The van der Waals surface area contributed by atoms with Gasteiger partial charge in [-0.1, -0.05) is 77.2 Å². The summed E-state index contributed by atoms with van der Waals surface area (Å²) in [6.07, 6.45) is 5.11. The van der Waals surface area contributed by atoms with Crippen LogP contribution in [0, 0.1) is 16.2 Å². The van der Waals surface area contributed by atoms with Crippen LogP contribution in [0.2, 0.25) is 0 Å². The lowest BCUT2D eigenvalue weighted by Gasteiger charge is -2.26. The summed E-state index contributed by atoms with van der Waals surface area (Å²) in [5.74, 6) is -1.24. The molecule has 19 nitrogen and oxygen atoms in total. The van der Waals surface area contributed by atoms with Gasteiger partial charge in [0.2, 0.25) is 17.7 Å². The molecule has 0 aromatic carbocycles. The maximum Gasteiger partial charge on any atom is 0.305 e. The van der Waals surface area contributed by atoms with Crippen LogP contribution >= 0.6 is 0 Å². The maximum atomic E-state index is 11.6. The number of nitrogens with zero attached hydrogens (tertiary/aromatic N) is 3. The van der Waals surface area contributed by atoms with Crippen molar-refractivity contribution in [1.29, 1.82) is 0 Å². The molecule has 0 aromatic heterocycles. The van der Waals surface area contributed by atoms with E-state index in [1.165, 1.54) is 0 Å². The Morgan fingerprint density at radius 2 is 0.739 bits per heavy atom. The summed E-state index contributed by atoms with van der Waals surface area (Å²) < 4.78 is 26.1. The highest BCUT2D eigenvalue weighted by Crippen LogP contribution is 2.14. The Hall–Kier alpha value is -3.46. The molecule has 3 saturated heterocycles. The van der Waals surface area contributed by atoms with Crippen molar-refractivity contribution in [2.45, 2.75) is 135 Å². The predicted octanol–water partition coefficient (Wildman–Crippen LogP) is 4.38. The molecule has 69 heavy (non-hydrogen) atoms. The lowest BCUT2D eigenvalue weighted by atomic mass is 9.96. The number of aliphatic carboxylic acids is 1. The van der Waals surface area contributed by atoms with E-state index in [1.807, 2.05) is 62.3 Å². The van der Waals surface area contributed by atoms with E-state index in [0.717, 1.165) is 118 Å². The van der Waals surface area contributed by atoms with Gasteiger partial charge in [-0.3, -0.25) is 43.5 Å². The Kier molecular flexibility index (Phi) is 41.7. The number of carboxylic acid groups (broad SMARTS) is 1. The van der Waals surface area contributed by atoms with Gasteiger partial charge in [-0.05, 0) is 38.5 Å². The Balaban J connectivity index is -0.000000871. The summed E-state index contributed by atoms with van der Waals surface area (Å²) >= 11 is 0. The molecule has 3 heterocycles. The molecule has 3 fully saturated rings. The number of hydrogen-bond donors (Lipinski definition) is 5. The van der Waals surface area contributed by atoms with Crippen LogP contribution in [0.4, 0.5) is 0 Å². The number of hydrogen-bond acceptors (Lipinski definition) is 15. The third kappa shape index (κ3) is 42.0. The summed E-state index contributed by atoms with van der Waals surface area (Å²) in [5, 5.41) is 25.2. The van der Waals surface area contributed by atoms with Gasteiger partial charge in [0, 0.05) is 121 Å². The predicted molar refractivity (Wildman–Crippen MR) is 271 cm³/mol. The zero-order valence-corrected chi connectivity index (χ0v) is 42.9. The number of aliphatic hydroxyl groups is 1. The van der Waals surface area contributed by atoms with Crippen molar-refractivity contribution < 1.29 is 62.7 Å². The highest BCUT2D eigenvalue weighted by molar-refractivity contribution is 5.82. The molecule has 3 aliphatic rings. The van der Waals surface area contributed by atoms with E-state index in [9.17, 15) is 28.8 Å². The minimum Gasteiger partial charge on any atom is -0.481 e. The zero-order chi connectivity index (χ0) is 50.6. The molecule has 408 valence electrons. The van der Waals surface area contributed by atoms with Gasteiger partial charge < -0.3 is 49.8 Å². The standard InChI is InChI=1S/2C16H30N2O4.C9H17NO3.C7H15NO2.2CH4/c2*1-16(2,3)15(20)17-7-4-6-14(19)22-11-5-8-18-9-12-21-13-10-18;1-9(2,3)8(13)10-6-4-5-7(11)12;9-5-1-2-8-3-6-10-7-4-8;;/h2*4-13H2,1-3H3,(H,17,20);4-6H2,1-3H3,(H,10,13)(H,11,12);9H,1-7H2;2*1H4. The van der Waals surface area contributed by atoms with Crippen LogP contribution < -0.4 is 16.0 Å². The molecule has 3 aliphatic heterocycles. The second-order valence-electron chi connectivity index (χ2n) is 19.8. The second kappa shape index (κ2) is 41.2. The quantitative estimate of drug-likeness (QED) is 0.0706. The lowest BCUT2D eigenvalue weighted by Crippen LogP contribution is -2.37. The molecule has 3 rings (SSSR count). The fourth-order valence-corrected chi connectivity index (χ4v) is 5.97. The van der Waals surface area contributed by atoms with Crippen LogP contribution in [0.5, 0.6) is 0 Å². The van der Waals surface area contributed by atoms with Crippen molar-refractivity contribution >= 4 is 35.6 Å². The van der Waals surface area contributed by atoms with E-state index in [4.69, 9.17) is 33.9 Å². The monoisotopic (exact) mass is 993 g/mol. The molecular formula is C50H100N6O13. The van der Waals surface area contributed by atoms with E-state index < -0.39 is 11.4 Å². The maximum absolute atomic E-state index is 11.6. The van der Waals surface area contributed by atoms with Crippen molar-refractivity contribution in [3.8, 4) is 0 Å². The molecule has 5 N–H and O–H groups in total. The van der Waals surface area contributed by atoms with Crippen molar-refractivity contribution in [2.24, 2.45) is 16.2 Å². The van der Waals surface area contributed by atoms with Gasteiger partial charge in [0.05, 0.1) is 52.9 Å². The second-order valence-corrected chi connectivity index (χ2v) is 19.8. The first-order valence-corrected chi connectivity index (χ1v) is 24.4. The SMILES string of the molecule is C.C.CC(C)(C)C(=O)NCCCC(=O)O.CC(C)(C)C(=O)NCCCC(=O)OCCCN1CCOCC1.CC(C)(C)C(=O)NCCCC(=O)OCCCN1CCOCC1.OCCCN1CCOCC1. The van der Waals surface area contributed by atoms with Gasteiger partial charge in [0.25, 0.3) is 0 Å². The van der Waals surface area contributed by atoms with Gasteiger partial charge in [0.15, 0.2) is 0 Å². The summed E-state index contributed by atoms with van der Waals surface area (Å²) in [6.45, 7) is 33.0. The van der Waals surface area contributed by atoms with Gasteiger partial charge in [-0.15, -0.1) is 0 Å². The van der Waals surface area contributed by atoms with Gasteiger partial charge >= 0.3 is 17.9 Å². The number of ether oxygens (including phenoxy) is 5. The average Bonchev–Trinajstić information content (AvgIpc) is 3.28. The van der Waals surface area contributed by atoms with Crippen molar-refractivity contribution in [3.63, 3.8) is 0 Å². The Morgan fingerprint density at radius 1 is 0.464 bits per heavy atom. The van der Waals surface area contributed by atoms with Crippen LogP contribution in [0.1, 0.15) is 135 Å². The molecule has 3 amide bonds. The first-order valence-electron chi connectivity index (χ1n) is 24.4. The van der Waals surface area contributed by atoms with Crippen molar-refractivity contribution in [2.75, 3.05) is 138 Å². The average molecular weight is 993 g/mol. The van der Waals surface area contributed by atoms with Crippen LogP contribution in [0.3, 0.4) is 0 Å². The van der Waals surface area contributed by atoms with Gasteiger partial charge in [0.1, 0.15) is 0 Å². The largest absolute Gasteiger partial charge is 0.481 e. The number of morpholine rings is 3. The number of aliphatic hydroxyl groups excluding tert-OH is 1. The van der Waals surface area contributed by atoms with Crippen molar-refractivity contribution in [3.05, 3.63) is 0 Å². The van der Waals surface area contributed by atoms with Crippen LogP contribution in [-0.2, 0) is 52.5 Å². The number of carbonyl (C=O) groups excluding carboxylic acids is 5. The van der Waals surface area contributed by atoms with Gasteiger partial charge in [-0.25, -0.2) is 0 Å². The Bertz CT molecular complexity index is 1280. The molecule has 0 unspecified atom stereocenters. The summed E-state index contributed by atoms with van der Waals surface area (Å²) in [5.41, 5.74) is -1.18. The molecule has 0 atom stereocenters. The fourth-order valence-electron chi connectivity index (χ4n) is 5.97. The molecule has 19 heteroatoms. The molecule has 0 aliphatic carbocycles. The fraction of sp³-hybridized carbons (Fsp3) is 0.880. The van der Waals surface area contributed by atoms with Crippen LogP contribution in [0.15, 0.2) is 0 Å². The highest BCUT2D eigenvalue weighted by atomic mass is 16.5. The number of carbonyl (C=O) groups is 6. The topological polar surface area (TPSA) is 235 Å². The number of rotatable bonds is 23. The van der Waals surface area contributed by atoms with Crippen LogP contribution in [-0.4, -0.2) is 199 Å².